The van der Waals surface area contributed by atoms with Crippen molar-refractivity contribution >= 4 is 17.3 Å². The quantitative estimate of drug-likeness (QED) is 0.592. The molecule has 0 unspecified atom stereocenters. The topological polar surface area (TPSA) is 76.2 Å². The van der Waals surface area contributed by atoms with Gasteiger partial charge < -0.3 is 11.1 Å². The van der Waals surface area contributed by atoms with Crippen LogP contribution in [-0.4, -0.2) is 22.2 Å². The normalized spacial score (nSPS) is 12.1. The first-order valence-corrected chi connectivity index (χ1v) is 5.81. The minimum Gasteiger partial charge on any atom is -0.370 e. The maximum atomic E-state index is 5.66. The number of aryl methyl sites for hydroxylation is 1. The van der Waals surface area contributed by atoms with E-state index in [1.54, 1.807) is 11.3 Å². The van der Waals surface area contributed by atoms with Crippen molar-refractivity contribution in [3.8, 4) is 0 Å². The Morgan fingerprint density at radius 2 is 2.13 bits per heavy atom. The Bertz CT molecular complexity index is 331. The fourth-order valence-electron chi connectivity index (χ4n) is 0.989. The molecule has 1 heterocycles. The lowest BCUT2D eigenvalue weighted by atomic mass is 10.4. The summed E-state index contributed by atoms with van der Waals surface area (Å²) < 4.78 is 0. The number of nitrogens with two attached hydrogens (primary N) is 1. The summed E-state index contributed by atoms with van der Waals surface area (Å²) in [6.45, 7) is 6.59. The molecule has 0 saturated carbocycles. The first kappa shape index (κ1) is 11.9. The van der Waals surface area contributed by atoms with Crippen LogP contribution in [0, 0.1) is 0 Å². The molecule has 0 saturated heterocycles. The van der Waals surface area contributed by atoms with Gasteiger partial charge in [0.15, 0.2) is 5.96 Å². The Morgan fingerprint density at radius 3 is 2.67 bits per heavy atom. The van der Waals surface area contributed by atoms with Gasteiger partial charge in [-0.05, 0) is 20.3 Å². The molecule has 1 aromatic rings. The monoisotopic (exact) mass is 227 g/mol. The fraction of sp³-hybridized carbons (Fsp3) is 0.667. The lowest BCUT2D eigenvalue weighted by Gasteiger charge is -2.07. The van der Waals surface area contributed by atoms with Crippen LogP contribution in [-0.2, 0) is 13.0 Å². The SMILES string of the molecule is CCc1nnc(CN=C(N)NC(C)C)s1. The Hall–Kier alpha value is -1.17. The highest BCUT2D eigenvalue weighted by Gasteiger charge is 2.01. The van der Waals surface area contributed by atoms with Gasteiger partial charge in [-0.2, -0.15) is 0 Å². The molecule has 15 heavy (non-hydrogen) atoms. The third kappa shape index (κ3) is 4.24. The van der Waals surface area contributed by atoms with E-state index in [0.717, 1.165) is 16.4 Å². The summed E-state index contributed by atoms with van der Waals surface area (Å²) in [6.07, 6.45) is 0.918. The number of nitrogens with one attached hydrogen (secondary N) is 1. The number of rotatable bonds is 4. The zero-order valence-corrected chi connectivity index (χ0v) is 10.1. The van der Waals surface area contributed by atoms with E-state index >= 15 is 0 Å². The lowest BCUT2D eigenvalue weighted by molar-refractivity contribution is 0.723. The van der Waals surface area contributed by atoms with Gasteiger partial charge in [0.05, 0.1) is 6.54 Å². The van der Waals surface area contributed by atoms with Crippen molar-refractivity contribution in [2.75, 3.05) is 0 Å². The molecular formula is C9H17N5S. The third-order valence-corrected chi connectivity index (χ3v) is 2.68. The van der Waals surface area contributed by atoms with Crippen LogP contribution in [0.4, 0.5) is 0 Å². The molecule has 0 aliphatic heterocycles. The van der Waals surface area contributed by atoms with Gasteiger partial charge in [-0.25, -0.2) is 4.99 Å². The van der Waals surface area contributed by atoms with E-state index in [9.17, 15) is 0 Å². The number of aromatic nitrogens is 2. The van der Waals surface area contributed by atoms with E-state index in [-0.39, 0.29) is 0 Å². The smallest absolute Gasteiger partial charge is 0.189 e. The summed E-state index contributed by atoms with van der Waals surface area (Å²) in [5.74, 6) is 0.457. The van der Waals surface area contributed by atoms with Gasteiger partial charge in [0.2, 0.25) is 0 Å². The number of hydrogen-bond donors (Lipinski definition) is 2. The van der Waals surface area contributed by atoms with Crippen molar-refractivity contribution in [3.05, 3.63) is 10.0 Å². The molecule has 6 heteroatoms. The van der Waals surface area contributed by atoms with Crippen LogP contribution in [0.1, 0.15) is 30.8 Å². The first-order chi connectivity index (χ1) is 7.11. The molecule has 5 nitrogen and oxygen atoms in total. The van der Waals surface area contributed by atoms with Gasteiger partial charge in [0.1, 0.15) is 10.0 Å². The minimum absolute atomic E-state index is 0.300. The molecule has 1 aromatic heterocycles. The van der Waals surface area contributed by atoms with Crippen LogP contribution in [0.15, 0.2) is 4.99 Å². The lowest BCUT2D eigenvalue weighted by Crippen LogP contribution is -2.36. The summed E-state index contributed by atoms with van der Waals surface area (Å²) in [6, 6.07) is 0.300. The van der Waals surface area contributed by atoms with E-state index in [0.29, 0.717) is 18.5 Å². The first-order valence-electron chi connectivity index (χ1n) is 4.99. The Balaban J connectivity index is 2.48. The highest BCUT2D eigenvalue weighted by atomic mass is 32.1. The van der Waals surface area contributed by atoms with Crippen LogP contribution >= 0.6 is 11.3 Å². The van der Waals surface area contributed by atoms with Gasteiger partial charge in [-0.1, -0.05) is 18.3 Å². The number of hydrogen-bond acceptors (Lipinski definition) is 4. The zero-order chi connectivity index (χ0) is 11.3. The summed E-state index contributed by atoms with van der Waals surface area (Å²) in [7, 11) is 0. The largest absolute Gasteiger partial charge is 0.370 e. The molecule has 0 bridgehead atoms. The summed E-state index contributed by atoms with van der Waals surface area (Å²) >= 11 is 1.58. The summed E-state index contributed by atoms with van der Waals surface area (Å²) in [5.41, 5.74) is 5.66. The van der Waals surface area contributed by atoms with Crippen molar-refractivity contribution in [2.24, 2.45) is 10.7 Å². The van der Waals surface area contributed by atoms with E-state index in [4.69, 9.17) is 5.73 Å². The van der Waals surface area contributed by atoms with E-state index in [1.807, 2.05) is 13.8 Å². The molecule has 84 valence electrons. The Morgan fingerprint density at radius 1 is 1.47 bits per heavy atom. The average molecular weight is 227 g/mol. The van der Waals surface area contributed by atoms with E-state index in [2.05, 4.69) is 27.4 Å². The molecule has 0 atom stereocenters. The van der Waals surface area contributed by atoms with Crippen LogP contribution in [0.25, 0.3) is 0 Å². The van der Waals surface area contributed by atoms with Gasteiger partial charge in [0.25, 0.3) is 0 Å². The van der Waals surface area contributed by atoms with Crippen molar-refractivity contribution in [1.82, 2.24) is 15.5 Å². The van der Waals surface area contributed by atoms with E-state index < -0.39 is 0 Å². The minimum atomic E-state index is 0.300. The van der Waals surface area contributed by atoms with Crippen LogP contribution < -0.4 is 11.1 Å². The second-order valence-electron chi connectivity index (χ2n) is 3.44. The van der Waals surface area contributed by atoms with Crippen molar-refractivity contribution in [2.45, 2.75) is 39.8 Å². The number of aliphatic imine (C=N–C) groups is 1. The molecule has 0 aromatic carbocycles. The van der Waals surface area contributed by atoms with Crippen molar-refractivity contribution in [1.29, 1.82) is 0 Å². The van der Waals surface area contributed by atoms with Crippen molar-refractivity contribution in [3.63, 3.8) is 0 Å². The molecule has 0 amide bonds. The molecule has 0 fully saturated rings. The molecular weight excluding hydrogens is 210 g/mol. The molecule has 0 aliphatic rings. The fourth-order valence-corrected chi connectivity index (χ4v) is 1.70. The maximum absolute atomic E-state index is 5.66. The Kier molecular flexibility index (Phi) is 4.48. The number of guanidine groups is 1. The zero-order valence-electron chi connectivity index (χ0n) is 9.32. The molecule has 1 rings (SSSR count). The second-order valence-corrected chi connectivity index (χ2v) is 4.59. The highest BCUT2D eigenvalue weighted by Crippen LogP contribution is 2.10. The molecule has 3 N–H and O–H groups in total. The van der Waals surface area contributed by atoms with E-state index in [1.165, 1.54) is 0 Å². The second kappa shape index (κ2) is 5.65. The third-order valence-electron chi connectivity index (χ3n) is 1.63. The highest BCUT2D eigenvalue weighted by molar-refractivity contribution is 7.11. The van der Waals surface area contributed by atoms with Gasteiger partial charge >= 0.3 is 0 Å². The van der Waals surface area contributed by atoms with Crippen LogP contribution in [0.5, 0.6) is 0 Å². The molecule has 0 spiro atoms. The van der Waals surface area contributed by atoms with Gasteiger partial charge in [-0.15, -0.1) is 10.2 Å². The predicted octanol–water partition coefficient (Wildman–Crippen LogP) is 0.913. The number of nitrogens with zero attached hydrogens (tertiary/aromatic N) is 3. The summed E-state index contributed by atoms with van der Waals surface area (Å²) in [5, 5.41) is 13.0. The standard InChI is InChI=1S/C9H17N5S/c1-4-7-13-14-8(15-7)5-11-9(10)12-6(2)3/h6H,4-5H2,1-3H3,(H3,10,11,12). The predicted molar refractivity (Wildman–Crippen MR) is 62.9 cm³/mol. The van der Waals surface area contributed by atoms with Crippen LogP contribution in [0.3, 0.4) is 0 Å². The Labute approximate surface area is 93.8 Å². The van der Waals surface area contributed by atoms with Crippen LogP contribution in [0.2, 0.25) is 0 Å². The summed E-state index contributed by atoms with van der Waals surface area (Å²) in [4.78, 5) is 4.17. The molecule has 0 radical (unpaired) electrons. The maximum Gasteiger partial charge on any atom is 0.189 e. The van der Waals surface area contributed by atoms with Crippen molar-refractivity contribution < 1.29 is 0 Å². The average Bonchev–Trinajstić information content (AvgIpc) is 2.61. The van der Waals surface area contributed by atoms with Gasteiger partial charge in [-0.3, -0.25) is 0 Å². The van der Waals surface area contributed by atoms with Gasteiger partial charge in [0, 0.05) is 6.04 Å². The molecule has 0 aliphatic carbocycles.